The predicted octanol–water partition coefficient (Wildman–Crippen LogP) is 2.61. The summed E-state index contributed by atoms with van der Waals surface area (Å²) in [7, 11) is 0. The molecule has 7 heteroatoms. The standard InChI is InChI=1S/C17H19N3O3S/c1-11-4-6-12(7-5-11)13-10-24-17(18-13)19-15(21)9-20-8-2-3-14(20)16(22)23/h4-7,10,14H,2-3,8-9H2,1H3,(H,22,23)(H,18,19,21)/t14-/m0/s1. The maximum absolute atomic E-state index is 12.1. The molecular weight excluding hydrogens is 326 g/mol. The molecule has 1 aromatic heterocycles. The normalized spacial score (nSPS) is 17.8. The largest absolute Gasteiger partial charge is 0.480 e. The van der Waals surface area contributed by atoms with Crippen molar-refractivity contribution in [2.24, 2.45) is 0 Å². The molecule has 2 heterocycles. The van der Waals surface area contributed by atoms with Gasteiger partial charge in [-0.05, 0) is 26.3 Å². The van der Waals surface area contributed by atoms with Crippen molar-refractivity contribution in [1.82, 2.24) is 9.88 Å². The first kappa shape index (κ1) is 16.6. The number of likely N-dealkylation sites (tertiary alicyclic amines) is 1. The second-order valence-corrected chi connectivity index (χ2v) is 6.78. The van der Waals surface area contributed by atoms with Crippen molar-refractivity contribution in [1.29, 1.82) is 0 Å². The van der Waals surface area contributed by atoms with Gasteiger partial charge < -0.3 is 10.4 Å². The zero-order valence-electron chi connectivity index (χ0n) is 13.4. The van der Waals surface area contributed by atoms with E-state index in [0.717, 1.165) is 17.7 Å². The van der Waals surface area contributed by atoms with E-state index in [1.807, 2.05) is 36.6 Å². The second-order valence-electron chi connectivity index (χ2n) is 5.92. The average Bonchev–Trinajstić information content (AvgIpc) is 3.17. The first-order chi connectivity index (χ1) is 11.5. The SMILES string of the molecule is Cc1ccc(-c2csc(NC(=O)CN3CCC[C@H]3C(=O)O)n2)cc1. The lowest BCUT2D eigenvalue weighted by molar-refractivity contribution is -0.142. The molecule has 0 radical (unpaired) electrons. The van der Waals surface area contributed by atoms with Crippen LogP contribution in [-0.4, -0.2) is 46.0 Å². The Balaban J connectivity index is 1.61. The van der Waals surface area contributed by atoms with Gasteiger partial charge in [0.05, 0.1) is 12.2 Å². The van der Waals surface area contributed by atoms with E-state index in [9.17, 15) is 9.59 Å². The number of benzene rings is 1. The predicted molar refractivity (Wildman–Crippen MR) is 93.1 cm³/mol. The van der Waals surface area contributed by atoms with Gasteiger partial charge in [0.2, 0.25) is 5.91 Å². The van der Waals surface area contributed by atoms with Crippen LogP contribution in [0.3, 0.4) is 0 Å². The number of aryl methyl sites for hydroxylation is 1. The highest BCUT2D eigenvalue weighted by Gasteiger charge is 2.31. The number of carbonyl (C=O) groups is 2. The molecule has 1 aliphatic rings. The van der Waals surface area contributed by atoms with Crippen molar-refractivity contribution in [2.75, 3.05) is 18.4 Å². The number of aliphatic carboxylic acids is 1. The van der Waals surface area contributed by atoms with E-state index in [4.69, 9.17) is 5.11 Å². The van der Waals surface area contributed by atoms with Gasteiger partial charge in [-0.3, -0.25) is 14.5 Å². The number of thiazole rings is 1. The van der Waals surface area contributed by atoms with Crippen molar-refractivity contribution >= 4 is 28.3 Å². The van der Waals surface area contributed by atoms with Gasteiger partial charge in [-0.2, -0.15) is 0 Å². The Hall–Kier alpha value is -2.25. The third-order valence-electron chi connectivity index (χ3n) is 4.09. The van der Waals surface area contributed by atoms with Gasteiger partial charge in [0, 0.05) is 10.9 Å². The topological polar surface area (TPSA) is 82.5 Å². The Labute approximate surface area is 144 Å². The maximum Gasteiger partial charge on any atom is 0.320 e. The molecule has 0 spiro atoms. The number of carbonyl (C=O) groups excluding carboxylic acids is 1. The minimum atomic E-state index is -0.865. The highest BCUT2D eigenvalue weighted by molar-refractivity contribution is 7.14. The highest BCUT2D eigenvalue weighted by atomic mass is 32.1. The van der Waals surface area contributed by atoms with Crippen LogP contribution in [0.15, 0.2) is 29.6 Å². The molecule has 1 aliphatic heterocycles. The van der Waals surface area contributed by atoms with Crippen molar-refractivity contribution in [3.8, 4) is 11.3 Å². The molecule has 6 nitrogen and oxygen atoms in total. The first-order valence-corrected chi connectivity index (χ1v) is 8.70. The van der Waals surface area contributed by atoms with Crippen molar-refractivity contribution in [3.05, 3.63) is 35.2 Å². The quantitative estimate of drug-likeness (QED) is 0.870. The molecule has 1 amide bonds. The fraction of sp³-hybridized carbons (Fsp3) is 0.353. The molecule has 3 rings (SSSR count). The van der Waals surface area contributed by atoms with Crippen LogP contribution >= 0.6 is 11.3 Å². The number of carboxylic acids is 1. The highest BCUT2D eigenvalue weighted by Crippen LogP contribution is 2.25. The number of amides is 1. The number of rotatable bonds is 5. The third kappa shape index (κ3) is 3.80. The van der Waals surface area contributed by atoms with E-state index in [0.29, 0.717) is 18.1 Å². The molecule has 0 unspecified atom stereocenters. The lowest BCUT2D eigenvalue weighted by Crippen LogP contribution is -2.40. The lowest BCUT2D eigenvalue weighted by atomic mass is 10.1. The van der Waals surface area contributed by atoms with E-state index in [-0.39, 0.29) is 12.5 Å². The zero-order valence-corrected chi connectivity index (χ0v) is 14.2. The Morgan fingerprint density at radius 1 is 1.38 bits per heavy atom. The Kier molecular flexibility index (Phi) is 4.92. The van der Waals surface area contributed by atoms with Gasteiger partial charge in [0.15, 0.2) is 5.13 Å². The van der Waals surface area contributed by atoms with Crippen LogP contribution in [-0.2, 0) is 9.59 Å². The van der Waals surface area contributed by atoms with Gasteiger partial charge in [-0.1, -0.05) is 29.8 Å². The Morgan fingerprint density at radius 3 is 2.83 bits per heavy atom. The number of nitrogens with zero attached hydrogens (tertiary/aromatic N) is 2. The average molecular weight is 345 g/mol. The van der Waals surface area contributed by atoms with E-state index in [2.05, 4.69) is 10.3 Å². The molecule has 1 saturated heterocycles. The summed E-state index contributed by atoms with van der Waals surface area (Å²) in [5, 5.41) is 14.3. The van der Waals surface area contributed by atoms with Crippen LogP contribution in [0.2, 0.25) is 0 Å². The first-order valence-electron chi connectivity index (χ1n) is 7.82. The summed E-state index contributed by atoms with van der Waals surface area (Å²) < 4.78 is 0. The molecule has 2 aromatic rings. The second kappa shape index (κ2) is 7.11. The molecule has 0 saturated carbocycles. The van der Waals surface area contributed by atoms with Crippen LogP contribution in [0.25, 0.3) is 11.3 Å². The summed E-state index contributed by atoms with van der Waals surface area (Å²) >= 11 is 1.36. The summed E-state index contributed by atoms with van der Waals surface area (Å²) in [4.78, 5) is 29.4. The number of carboxylic acid groups (broad SMARTS) is 1. The number of hydrogen-bond donors (Lipinski definition) is 2. The Bertz CT molecular complexity index is 742. The van der Waals surface area contributed by atoms with Crippen molar-refractivity contribution in [3.63, 3.8) is 0 Å². The molecule has 1 fully saturated rings. The minimum absolute atomic E-state index is 0.0798. The monoisotopic (exact) mass is 345 g/mol. The van der Waals surface area contributed by atoms with E-state index < -0.39 is 12.0 Å². The molecule has 0 bridgehead atoms. The summed E-state index contributed by atoms with van der Waals surface area (Å²) in [6.07, 6.45) is 1.40. The maximum atomic E-state index is 12.1. The van der Waals surface area contributed by atoms with Gasteiger partial charge in [0.1, 0.15) is 6.04 Å². The van der Waals surface area contributed by atoms with Crippen LogP contribution in [0.4, 0.5) is 5.13 Å². The minimum Gasteiger partial charge on any atom is -0.480 e. The van der Waals surface area contributed by atoms with Gasteiger partial charge in [-0.25, -0.2) is 4.98 Å². The van der Waals surface area contributed by atoms with Crippen molar-refractivity contribution in [2.45, 2.75) is 25.8 Å². The third-order valence-corrected chi connectivity index (χ3v) is 4.85. The smallest absolute Gasteiger partial charge is 0.320 e. The molecule has 126 valence electrons. The van der Waals surface area contributed by atoms with E-state index in [1.54, 1.807) is 4.90 Å². The number of anilines is 1. The van der Waals surface area contributed by atoms with Gasteiger partial charge in [0.25, 0.3) is 0 Å². The molecule has 2 N–H and O–H groups in total. The molecule has 1 atom stereocenters. The van der Waals surface area contributed by atoms with Crippen molar-refractivity contribution < 1.29 is 14.7 Å². The molecule has 24 heavy (non-hydrogen) atoms. The number of hydrogen-bond acceptors (Lipinski definition) is 5. The molecule has 0 aliphatic carbocycles. The van der Waals surface area contributed by atoms with Crippen LogP contribution < -0.4 is 5.32 Å². The summed E-state index contributed by atoms with van der Waals surface area (Å²) in [5.74, 6) is -1.09. The van der Waals surface area contributed by atoms with Gasteiger partial charge >= 0.3 is 5.97 Å². The number of aromatic nitrogens is 1. The van der Waals surface area contributed by atoms with Crippen LogP contribution in [0.5, 0.6) is 0 Å². The van der Waals surface area contributed by atoms with Crippen LogP contribution in [0, 0.1) is 6.92 Å². The van der Waals surface area contributed by atoms with Gasteiger partial charge in [-0.15, -0.1) is 11.3 Å². The molecular formula is C17H19N3O3S. The molecule has 1 aromatic carbocycles. The Morgan fingerprint density at radius 2 is 2.12 bits per heavy atom. The summed E-state index contributed by atoms with van der Waals surface area (Å²) in [6.45, 7) is 2.74. The fourth-order valence-corrected chi connectivity index (χ4v) is 3.56. The lowest BCUT2D eigenvalue weighted by Gasteiger charge is -2.19. The fourth-order valence-electron chi connectivity index (χ4n) is 2.83. The van der Waals surface area contributed by atoms with E-state index in [1.165, 1.54) is 16.9 Å². The van der Waals surface area contributed by atoms with Crippen LogP contribution in [0.1, 0.15) is 18.4 Å². The van der Waals surface area contributed by atoms with E-state index >= 15 is 0 Å². The number of nitrogens with one attached hydrogen (secondary N) is 1. The summed E-state index contributed by atoms with van der Waals surface area (Å²) in [5.41, 5.74) is 3.00. The zero-order chi connectivity index (χ0) is 17.1. The summed E-state index contributed by atoms with van der Waals surface area (Å²) in [6, 6.07) is 7.48.